The summed E-state index contributed by atoms with van der Waals surface area (Å²) in [5.74, 6) is -4.23. The van der Waals surface area contributed by atoms with Crippen LogP contribution < -0.4 is 4.72 Å². The van der Waals surface area contributed by atoms with Gasteiger partial charge < -0.3 is 5.11 Å². The van der Waals surface area contributed by atoms with E-state index in [9.17, 15) is 22.0 Å². The lowest BCUT2D eigenvalue weighted by Crippen LogP contribution is -2.14. The van der Waals surface area contributed by atoms with E-state index < -0.39 is 38.9 Å². The summed E-state index contributed by atoms with van der Waals surface area (Å²) < 4.78 is 52.1. The highest BCUT2D eigenvalue weighted by molar-refractivity contribution is 7.94. The van der Waals surface area contributed by atoms with Gasteiger partial charge in [0.1, 0.15) is 11.6 Å². The molecule has 0 atom stereocenters. The number of nitrogens with one attached hydrogen (secondary N) is 1. The summed E-state index contributed by atoms with van der Waals surface area (Å²) in [5.41, 5.74) is -1.56. The van der Waals surface area contributed by atoms with Gasteiger partial charge in [-0.15, -0.1) is 0 Å². The van der Waals surface area contributed by atoms with Gasteiger partial charge in [-0.1, -0.05) is 22.9 Å². The second-order valence-electron chi connectivity index (χ2n) is 3.65. The zero-order valence-electron chi connectivity index (χ0n) is 9.80. The zero-order valence-corrected chi connectivity index (χ0v) is 12.2. The monoisotopic (exact) mass is 354 g/mol. The Morgan fingerprint density at radius 1 is 1.33 bits per heavy atom. The highest BCUT2D eigenvalue weighted by Gasteiger charge is 2.22. The van der Waals surface area contributed by atoms with Crippen LogP contribution in [0.4, 0.5) is 14.5 Å². The number of sulfonamides is 1. The number of benzene rings is 1. The highest BCUT2D eigenvalue weighted by atomic mass is 35.5. The Bertz CT molecular complexity index is 822. The largest absolute Gasteiger partial charge is 0.478 e. The van der Waals surface area contributed by atoms with E-state index in [0.29, 0.717) is 17.4 Å². The molecule has 112 valence electrons. The molecule has 0 aliphatic rings. The van der Waals surface area contributed by atoms with E-state index in [2.05, 4.69) is 4.98 Å². The van der Waals surface area contributed by atoms with Gasteiger partial charge in [0.2, 0.25) is 0 Å². The smallest absolute Gasteiger partial charge is 0.338 e. The summed E-state index contributed by atoms with van der Waals surface area (Å²) in [4.78, 5) is 14.3. The molecular formula is C10H5ClF2N2O4S2. The Morgan fingerprint density at radius 2 is 2.00 bits per heavy atom. The van der Waals surface area contributed by atoms with E-state index >= 15 is 0 Å². The minimum atomic E-state index is -4.20. The lowest BCUT2D eigenvalue weighted by molar-refractivity contribution is 0.0692. The van der Waals surface area contributed by atoms with Crippen LogP contribution in [0, 0.1) is 11.6 Å². The topological polar surface area (TPSA) is 96.4 Å². The third kappa shape index (κ3) is 3.28. The van der Waals surface area contributed by atoms with Gasteiger partial charge in [-0.25, -0.2) is 27.0 Å². The molecule has 0 aliphatic carbocycles. The number of carboxylic acids is 1. The van der Waals surface area contributed by atoms with Crippen LogP contribution in [0.2, 0.25) is 4.47 Å². The summed E-state index contributed by atoms with van der Waals surface area (Å²) >= 11 is 6.13. The number of aromatic nitrogens is 1. The summed E-state index contributed by atoms with van der Waals surface area (Å²) in [5, 5.41) is 8.73. The first kappa shape index (κ1) is 15.6. The van der Waals surface area contributed by atoms with Gasteiger partial charge in [-0.2, -0.15) is 0 Å². The summed E-state index contributed by atoms with van der Waals surface area (Å²) in [6, 6.07) is 0.828. The molecule has 11 heteroatoms. The molecule has 0 amide bonds. The Morgan fingerprint density at radius 3 is 2.52 bits per heavy atom. The molecule has 21 heavy (non-hydrogen) atoms. The molecule has 0 fully saturated rings. The summed E-state index contributed by atoms with van der Waals surface area (Å²) in [6.45, 7) is 0. The zero-order chi connectivity index (χ0) is 15.8. The van der Waals surface area contributed by atoms with Gasteiger partial charge >= 0.3 is 5.97 Å². The van der Waals surface area contributed by atoms with Crippen molar-refractivity contribution in [3.8, 4) is 0 Å². The predicted molar refractivity (Wildman–Crippen MR) is 71.2 cm³/mol. The maximum Gasteiger partial charge on any atom is 0.338 e. The minimum Gasteiger partial charge on any atom is -0.478 e. The van der Waals surface area contributed by atoms with Gasteiger partial charge in [0.25, 0.3) is 10.0 Å². The molecule has 1 aromatic heterocycles. The van der Waals surface area contributed by atoms with Crippen LogP contribution in [-0.4, -0.2) is 24.5 Å². The molecule has 6 nitrogen and oxygen atoms in total. The van der Waals surface area contributed by atoms with Gasteiger partial charge in [0, 0.05) is 6.07 Å². The van der Waals surface area contributed by atoms with Crippen molar-refractivity contribution in [1.29, 1.82) is 0 Å². The van der Waals surface area contributed by atoms with E-state index in [-0.39, 0.29) is 14.7 Å². The first-order valence-electron chi connectivity index (χ1n) is 5.07. The molecule has 0 spiro atoms. The molecule has 0 saturated heterocycles. The van der Waals surface area contributed by atoms with Crippen LogP contribution in [0.5, 0.6) is 0 Å². The van der Waals surface area contributed by atoms with Crippen molar-refractivity contribution in [2.75, 3.05) is 4.72 Å². The standard InChI is InChI=1S/C10H5ClF2N2O4S2/c11-10-14-3-8(20-10)21(18,19)15-7-1-4(9(16)17)5(12)2-6(7)13/h1-3,15H,(H,16,17). The Kier molecular flexibility index (Phi) is 4.12. The third-order valence-corrected chi connectivity index (χ3v) is 5.19. The number of thiazole rings is 1. The van der Waals surface area contributed by atoms with Crippen molar-refractivity contribution in [3.63, 3.8) is 0 Å². The SMILES string of the molecule is O=C(O)c1cc(NS(=O)(=O)c2cnc(Cl)s2)c(F)cc1F. The van der Waals surface area contributed by atoms with Crippen LogP contribution in [0.3, 0.4) is 0 Å². The van der Waals surface area contributed by atoms with Crippen molar-refractivity contribution >= 4 is 44.6 Å². The molecule has 0 bridgehead atoms. The number of aromatic carboxylic acids is 1. The van der Waals surface area contributed by atoms with Gasteiger partial charge in [-0.3, -0.25) is 4.72 Å². The first-order chi connectivity index (χ1) is 9.70. The second kappa shape index (κ2) is 5.54. The number of rotatable bonds is 4. The number of halogens is 3. The number of hydrogen-bond donors (Lipinski definition) is 2. The average molecular weight is 355 g/mol. The molecule has 2 N–H and O–H groups in total. The number of nitrogens with zero attached hydrogens (tertiary/aromatic N) is 1. The first-order valence-corrected chi connectivity index (χ1v) is 7.75. The third-order valence-electron chi connectivity index (χ3n) is 2.25. The maximum absolute atomic E-state index is 13.5. The molecule has 0 radical (unpaired) electrons. The molecule has 1 aromatic carbocycles. The highest BCUT2D eigenvalue weighted by Crippen LogP contribution is 2.27. The molecule has 1 heterocycles. The lowest BCUT2D eigenvalue weighted by Gasteiger charge is -2.08. The Hall–Kier alpha value is -1.78. The van der Waals surface area contributed by atoms with Crippen molar-refractivity contribution in [1.82, 2.24) is 4.98 Å². The van der Waals surface area contributed by atoms with Gasteiger partial charge in [0.05, 0.1) is 17.4 Å². The van der Waals surface area contributed by atoms with E-state index in [0.717, 1.165) is 6.20 Å². The fourth-order valence-electron chi connectivity index (χ4n) is 1.35. The predicted octanol–water partition coefficient (Wildman–Crippen LogP) is 2.57. The molecule has 0 unspecified atom stereocenters. The molecule has 2 aromatic rings. The number of hydrogen-bond acceptors (Lipinski definition) is 5. The van der Waals surface area contributed by atoms with Crippen LogP contribution in [-0.2, 0) is 10.0 Å². The van der Waals surface area contributed by atoms with Crippen LogP contribution >= 0.6 is 22.9 Å². The minimum absolute atomic E-state index is 0.0406. The molecule has 0 saturated carbocycles. The number of carboxylic acid groups (broad SMARTS) is 1. The fourth-order valence-corrected chi connectivity index (χ4v) is 3.70. The van der Waals surface area contributed by atoms with Crippen molar-refractivity contribution < 1.29 is 27.1 Å². The normalized spacial score (nSPS) is 11.4. The van der Waals surface area contributed by atoms with Crippen molar-refractivity contribution in [3.05, 3.63) is 40.0 Å². The van der Waals surface area contributed by atoms with Crippen LogP contribution in [0.1, 0.15) is 10.4 Å². The fraction of sp³-hybridized carbons (Fsp3) is 0. The summed E-state index contributed by atoms with van der Waals surface area (Å²) in [6.07, 6.45) is 0.953. The van der Waals surface area contributed by atoms with Gasteiger partial charge in [0.15, 0.2) is 8.68 Å². The van der Waals surface area contributed by atoms with E-state index in [4.69, 9.17) is 16.7 Å². The van der Waals surface area contributed by atoms with Crippen molar-refractivity contribution in [2.45, 2.75) is 4.21 Å². The lowest BCUT2D eigenvalue weighted by atomic mass is 10.2. The quantitative estimate of drug-likeness (QED) is 0.879. The second-order valence-corrected chi connectivity index (χ2v) is 7.18. The Labute approximate surface area is 126 Å². The molecule has 2 rings (SSSR count). The molecular weight excluding hydrogens is 350 g/mol. The van der Waals surface area contributed by atoms with E-state index in [1.54, 1.807) is 0 Å². The Balaban J connectivity index is 2.44. The van der Waals surface area contributed by atoms with Gasteiger partial charge in [-0.05, 0) is 6.07 Å². The molecule has 0 aliphatic heterocycles. The average Bonchev–Trinajstić information content (AvgIpc) is 2.79. The summed E-state index contributed by atoms with van der Waals surface area (Å²) in [7, 11) is -4.20. The van der Waals surface area contributed by atoms with Crippen molar-refractivity contribution in [2.24, 2.45) is 0 Å². The van der Waals surface area contributed by atoms with E-state index in [1.165, 1.54) is 0 Å². The number of carbonyl (C=O) groups is 1. The number of anilines is 1. The van der Waals surface area contributed by atoms with E-state index in [1.807, 2.05) is 4.72 Å². The van der Waals surface area contributed by atoms with Crippen LogP contribution in [0.25, 0.3) is 0 Å². The maximum atomic E-state index is 13.5. The van der Waals surface area contributed by atoms with Crippen LogP contribution in [0.15, 0.2) is 22.5 Å².